The number of hydrogen-bond acceptors (Lipinski definition) is 3. The van der Waals surface area contributed by atoms with Crippen LogP contribution in [0.15, 0.2) is 41.3 Å². The molecule has 0 saturated carbocycles. The highest BCUT2D eigenvalue weighted by Crippen LogP contribution is 2.23. The van der Waals surface area contributed by atoms with E-state index in [4.69, 9.17) is 5.73 Å². The van der Waals surface area contributed by atoms with Gasteiger partial charge in [0.05, 0.1) is 4.90 Å². The van der Waals surface area contributed by atoms with Crippen molar-refractivity contribution in [3.05, 3.63) is 53.3 Å². The van der Waals surface area contributed by atoms with Crippen molar-refractivity contribution < 1.29 is 12.8 Å². The van der Waals surface area contributed by atoms with Crippen LogP contribution in [0, 0.1) is 19.7 Å². The number of nitrogen functional groups attached to an aromatic ring is 1. The Labute approximate surface area is 117 Å². The van der Waals surface area contributed by atoms with Gasteiger partial charge in [0, 0.05) is 16.9 Å². The first kappa shape index (κ1) is 14.3. The van der Waals surface area contributed by atoms with E-state index in [1.54, 1.807) is 18.2 Å². The number of nitrogens with two attached hydrogens (primary N) is 1. The molecule has 20 heavy (non-hydrogen) atoms. The van der Waals surface area contributed by atoms with Gasteiger partial charge in [0.15, 0.2) is 0 Å². The van der Waals surface area contributed by atoms with E-state index in [1.807, 2.05) is 13.0 Å². The number of sulfonamides is 1. The van der Waals surface area contributed by atoms with Crippen LogP contribution in [-0.4, -0.2) is 8.42 Å². The zero-order valence-electron chi connectivity index (χ0n) is 11.1. The lowest BCUT2D eigenvalue weighted by Crippen LogP contribution is -2.14. The van der Waals surface area contributed by atoms with Crippen molar-refractivity contribution >= 4 is 21.4 Å². The van der Waals surface area contributed by atoms with Crippen LogP contribution in [0.1, 0.15) is 11.1 Å². The summed E-state index contributed by atoms with van der Waals surface area (Å²) in [4.78, 5) is -0.195. The normalized spacial score (nSPS) is 11.3. The predicted octanol–water partition coefficient (Wildman–Crippen LogP) is 2.83. The van der Waals surface area contributed by atoms with E-state index < -0.39 is 15.8 Å². The molecule has 0 atom stereocenters. The minimum absolute atomic E-state index is 0.106. The minimum Gasteiger partial charge on any atom is -0.398 e. The summed E-state index contributed by atoms with van der Waals surface area (Å²) >= 11 is 0. The van der Waals surface area contributed by atoms with Crippen molar-refractivity contribution in [1.29, 1.82) is 0 Å². The molecule has 0 bridgehead atoms. The smallest absolute Gasteiger partial charge is 0.262 e. The van der Waals surface area contributed by atoms with Crippen LogP contribution in [0.25, 0.3) is 0 Å². The van der Waals surface area contributed by atoms with Crippen molar-refractivity contribution in [3.8, 4) is 0 Å². The summed E-state index contributed by atoms with van der Waals surface area (Å²) in [5.41, 5.74) is 7.28. The summed E-state index contributed by atoms with van der Waals surface area (Å²) in [6.07, 6.45) is 0. The molecule has 0 fully saturated rings. The van der Waals surface area contributed by atoms with Crippen LogP contribution in [0.4, 0.5) is 15.8 Å². The molecule has 0 aromatic heterocycles. The maximum absolute atomic E-state index is 13.6. The first-order valence-corrected chi connectivity index (χ1v) is 7.43. The molecule has 6 heteroatoms. The lowest BCUT2D eigenvalue weighted by Gasteiger charge is -2.10. The highest BCUT2D eigenvalue weighted by atomic mass is 32.2. The SMILES string of the molecule is Cc1cccc(NS(=O)(=O)c2cc(N)c(C)c(F)c2)c1. The number of hydrogen-bond donors (Lipinski definition) is 2. The Morgan fingerprint density at radius 3 is 2.45 bits per heavy atom. The summed E-state index contributed by atoms with van der Waals surface area (Å²) in [7, 11) is -3.86. The van der Waals surface area contributed by atoms with Gasteiger partial charge in [-0.2, -0.15) is 0 Å². The molecule has 3 N–H and O–H groups in total. The third-order valence-corrected chi connectivity index (χ3v) is 4.30. The van der Waals surface area contributed by atoms with Crippen LogP contribution in [0.5, 0.6) is 0 Å². The second-order valence-corrected chi connectivity index (χ2v) is 6.28. The second kappa shape index (κ2) is 5.13. The highest BCUT2D eigenvalue weighted by Gasteiger charge is 2.17. The van der Waals surface area contributed by atoms with Gasteiger partial charge in [0.1, 0.15) is 5.82 Å². The summed E-state index contributed by atoms with van der Waals surface area (Å²) in [6.45, 7) is 3.34. The van der Waals surface area contributed by atoms with Crippen molar-refractivity contribution in [2.45, 2.75) is 18.7 Å². The third-order valence-electron chi connectivity index (χ3n) is 2.94. The molecule has 0 spiro atoms. The van der Waals surface area contributed by atoms with Crippen LogP contribution in [0.3, 0.4) is 0 Å². The fourth-order valence-electron chi connectivity index (χ4n) is 1.75. The number of aryl methyl sites for hydroxylation is 1. The van der Waals surface area contributed by atoms with Crippen LogP contribution in [-0.2, 0) is 10.0 Å². The lowest BCUT2D eigenvalue weighted by molar-refractivity contribution is 0.593. The van der Waals surface area contributed by atoms with Gasteiger partial charge in [-0.25, -0.2) is 12.8 Å². The molecule has 2 aromatic carbocycles. The Bertz CT molecular complexity index is 735. The van der Waals surface area contributed by atoms with Gasteiger partial charge >= 0.3 is 0 Å². The summed E-state index contributed by atoms with van der Waals surface area (Å²) in [6, 6.07) is 9.10. The number of anilines is 2. The summed E-state index contributed by atoms with van der Waals surface area (Å²) in [5, 5.41) is 0. The van der Waals surface area contributed by atoms with E-state index in [-0.39, 0.29) is 16.1 Å². The van der Waals surface area contributed by atoms with Crippen molar-refractivity contribution in [2.24, 2.45) is 0 Å². The van der Waals surface area contributed by atoms with Crippen molar-refractivity contribution in [3.63, 3.8) is 0 Å². The molecule has 0 aliphatic heterocycles. The zero-order valence-corrected chi connectivity index (χ0v) is 12.0. The monoisotopic (exact) mass is 294 g/mol. The summed E-state index contributed by atoms with van der Waals surface area (Å²) in [5.74, 6) is -0.644. The molecule has 0 unspecified atom stereocenters. The fraction of sp³-hybridized carbons (Fsp3) is 0.143. The maximum atomic E-state index is 13.6. The number of halogens is 1. The van der Waals surface area contributed by atoms with Gasteiger partial charge in [-0.05, 0) is 43.7 Å². The van der Waals surface area contributed by atoms with Crippen LogP contribution < -0.4 is 10.5 Å². The average Bonchev–Trinajstić information content (AvgIpc) is 2.34. The number of rotatable bonds is 3. The molecule has 0 aliphatic carbocycles. The minimum atomic E-state index is -3.86. The van der Waals surface area contributed by atoms with Crippen LogP contribution in [0.2, 0.25) is 0 Å². The molecule has 0 radical (unpaired) electrons. The van der Waals surface area contributed by atoms with Gasteiger partial charge in [0.2, 0.25) is 0 Å². The van der Waals surface area contributed by atoms with Gasteiger partial charge in [-0.15, -0.1) is 0 Å². The van der Waals surface area contributed by atoms with E-state index >= 15 is 0 Å². The maximum Gasteiger partial charge on any atom is 0.262 e. The first-order valence-electron chi connectivity index (χ1n) is 5.95. The summed E-state index contributed by atoms with van der Waals surface area (Å²) < 4.78 is 40.4. The lowest BCUT2D eigenvalue weighted by atomic mass is 10.2. The van der Waals surface area contributed by atoms with Gasteiger partial charge in [-0.3, -0.25) is 4.72 Å². The molecule has 0 saturated heterocycles. The van der Waals surface area contributed by atoms with E-state index in [0.717, 1.165) is 11.6 Å². The molecule has 0 heterocycles. The van der Waals surface area contributed by atoms with E-state index in [0.29, 0.717) is 5.69 Å². The highest BCUT2D eigenvalue weighted by molar-refractivity contribution is 7.92. The Morgan fingerprint density at radius 2 is 1.85 bits per heavy atom. The fourth-order valence-corrected chi connectivity index (χ4v) is 2.85. The molecule has 106 valence electrons. The molecule has 0 aliphatic rings. The van der Waals surface area contributed by atoms with E-state index in [9.17, 15) is 12.8 Å². The molecule has 0 amide bonds. The number of benzene rings is 2. The number of nitrogens with one attached hydrogen (secondary N) is 1. The van der Waals surface area contributed by atoms with Gasteiger partial charge in [0.25, 0.3) is 10.0 Å². The van der Waals surface area contributed by atoms with Gasteiger partial charge < -0.3 is 5.73 Å². The molecule has 4 nitrogen and oxygen atoms in total. The largest absolute Gasteiger partial charge is 0.398 e. The van der Waals surface area contributed by atoms with E-state index in [2.05, 4.69) is 4.72 Å². The Balaban J connectivity index is 2.41. The molecular formula is C14H15FN2O2S. The quantitative estimate of drug-likeness (QED) is 0.855. The molecule has 2 rings (SSSR count). The Morgan fingerprint density at radius 1 is 1.15 bits per heavy atom. The predicted molar refractivity (Wildman–Crippen MR) is 77.5 cm³/mol. The van der Waals surface area contributed by atoms with Gasteiger partial charge in [-0.1, -0.05) is 12.1 Å². The Kier molecular flexibility index (Phi) is 3.67. The standard InChI is InChI=1S/C14H15FN2O2S/c1-9-4-3-5-11(6-9)17-20(18,19)12-7-13(15)10(2)14(16)8-12/h3-8,17H,16H2,1-2H3. The third kappa shape index (κ3) is 2.91. The topological polar surface area (TPSA) is 72.2 Å². The second-order valence-electron chi connectivity index (χ2n) is 4.59. The average molecular weight is 294 g/mol. The first-order chi connectivity index (χ1) is 9.29. The van der Waals surface area contributed by atoms with Crippen molar-refractivity contribution in [2.75, 3.05) is 10.5 Å². The Hall–Kier alpha value is -2.08. The van der Waals surface area contributed by atoms with Crippen molar-refractivity contribution in [1.82, 2.24) is 0 Å². The van der Waals surface area contributed by atoms with Crippen LogP contribution >= 0.6 is 0 Å². The van der Waals surface area contributed by atoms with E-state index in [1.165, 1.54) is 13.0 Å². The molecular weight excluding hydrogens is 279 g/mol. The molecule has 2 aromatic rings. The zero-order chi connectivity index (χ0) is 14.9.